The van der Waals surface area contributed by atoms with Gasteiger partial charge in [0.25, 0.3) is 0 Å². The Morgan fingerprint density at radius 3 is 1.75 bits per heavy atom. The normalized spacial score (nSPS) is 11.3. The van der Waals surface area contributed by atoms with Crippen LogP contribution < -0.4 is 0 Å². The molecule has 0 atom stereocenters. The molecule has 0 unspecified atom stereocenters. The SMILES string of the molecule is c1ccc2oc(-c3ccc(-c4ccc(-c5ccc(-c6cccc7ccccc67)cc5)s4)cc3)cc2c1. The Kier molecular flexibility index (Phi) is 5.04. The molecular formula is C34H22OS. The maximum atomic E-state index is 6.03. The van der Waals surface area contributed by atoms with Crippen molar-refractivity contribution in [2.24, 2.45) is 0 Å². The first kappa shape index (κ1) is 20.9. The lowest BCUT2D eigenvalue weighted by Crippen LogP contribution is -1.81. The van der Waals surface area contributed by atoms with Crippen molar-refractivity contribution in [1.82, 2.24) is 0 Å². The highest BCUT2D eigenvalue weighted by Gasteiger charge is 2.09. The fourth-order valence-corrected chi connectivity index (χ4v) is 5.88. The average Bonchev–Trinajstić information content (AvgIpc) is 3.61. The van der Waals surface area contributed by atoms with Gasteiger partial charge in [0.15, 0.2) is 0 Å². The molecule has 1 nitrogen and oxygen atoms in total. The molecule has 0 amide bonds. The van der Waals surface area contributed by atoms with E-state index in [-0.39, 0.29) is 0 Å². The van der Waals surface area contributed by atoms with Crippen molar-refractivity contribution in [2.75, 3.05) is 0 Å². The van der Waals surface area contributed by atoms with Crippen LogP contribution in [0.2, 0.25) is 0 Å². The molecule has 7 rings (SSSR count). The Labute approximate surface area is 213 Å². The van der Waals surface area contributed by atoms with Gasteiger partial charge in [0.05, 0.1) is 0 Å². The van der Waals surface area contributed by atoms with Gasteiger partial charge in [-0.25, -0.2) is 0 Å². The molecule has 2 heterocycles. The summed E-state index contributed by atoms with van der Waals surface area (Å²) in [7, 11) is 0. The van der Waals surface area contributed by atoms with Gasteiger partial charge in [0, 0.05) is 20.7 Å². The molecule has 0 aliphatic carbocycles. The summed E-state index contributed by atoms with van der Waals surface area (Å²) in [5.41, 5.74) is 7.00. The van der Waals surface area contributed by atoms with E-state index < -0.39 is 0 Å². The molecule has 0 spiro atoms. The van der Waals surface area contributed by atoms with E-state index in [1.807, 2.05) is 29.5 Å². The van der Waals surface area contributed by atoms with Gasteiger partial charge in [0.2, 0.25) is 0 Å². The highest BCUT2D eigenvalue weighted by atomic mass is 32.1. The number of para-hydroxylation sites is 1. The van der Waals surface area contributed by atoms with Crippen molar-refractivity contribution in [3.8, 4) is 43.3 Å². The zero-order chi connectivity index (χ0) is 23.9. The van der Waals surface area contributed by atoms with Crippen LogP contribution in [0.1, 0.15) is 0 Å². The largest absolute Gasteiger partial charge is 0.456 e. The van der Waals surface area contributed by atoms with Crippen molar-refractivity contribution in [1.29, 1.82) is 0 Å². The van der Waals surface area contributed by atoms with Crippen molar-refractivity contribution < 1.29 is 4.42 Å². The van der Waals surface area contributed by atoms with Crippen molar-refractivity contribution in [3.63, 3.8) is 0 Å². The van der Waals surface area contributed by atoms with E-state index in [0.29, 0.717) is 0 Å². The van der Waals surface area contributed by atoms with E-state index >= 15 is 0 Å². The van der Waals surface area contributed by atoms with Gasteiger partial charge in [-0.2, -0.15) is 0 Å². The smallest absolute Gasteiger partial charge is 0.135 e. The molecule has 170 valence electrons. The van der Waals surface area contributed by atoms with E-state index in [4.69, 9.17) is 4.42 Å². The lowest BCUT2D eigenvalue weighted by Gasteiger charge is -2.07. The second-order valence-electron chi connectivity index (χ2n) is 8.99. The van der Waals surface area contributed by atoms with Gasteiger partial charge < -0.3 is 4.42 Å². The second-order valence-corrected chi connectivity index (χ2v) is 10.1. The molecule has 0 radical (unpaired) electrons. The van der Waals surface area contributed by atoms with Gasteiger partial charge in [-0.1, -0.05) is 109 Å². The van der Waals surface area contributed by atoms with Crippen LogP contribution in [0.4, 0.5) is 0 Å². The quantitative estimate of drug-likeness (QED) is 0.245. The molecule has 0 fully saturated rings. The molecule has 5 aromatic carbocycles. The Bertz CT molecular complexity index is 1780. The number of fused-ring (bicyclic) bond motifs is 2. The summed E-state index contributed by atoms with van der Waals surface area (Å²) < 4.78 is 6.03. The molecule has 0 N–H and O–H groups in total. The zero-order valence-electron chi connectivity index (χ0n) is 19.5. The topological polar surface area (TPSA) is 13.1 Å². The van der Waals surface area contributed by atoms with E-state index in [1.165, 1.54) is 42.8 Å². The molecule has 0 bridgehead atoms. The third kappa shape index (κ3) is 3.73. The first-order valence-corrected chi connectivity index (χ1v) is 12.9. The van der Waals surface area contributed by atoms with Crippen LogP contribution in [0.25, 0.3) is 65.1 Å². The Morgan fingerprint density at radius 2 is 1.03 bits per heavy atom. The first-order chi connectivity index (χ1) is 17.8. The van der Waals surface area contributed by atoms with Crippen molar-refractivity contribution >= 4 is 33.1 Å². The number of rotatable bonds is 4. The molecule has 2 aromatic heterocycles. The van der Waals surface area contributed by atoms with Crippen LogP contribution in [-0.4, -0.2) is 0 Å². The first-order valence-electron chi connectivity index (χ1n) is 12.1. The summed E-state index contributed by atoms with van der Waals surface area (Å²) in [6, 6.07) is 47.3. The highest BCUT2D eigenvalue weighted by molar-refractivity contribution is 7.18. The molecule has 36 heavy (non-hydrogen) atoms. The number of hydrogen-bond donors (Lipinski definition) is 0. The lowest BCUT2D eigenvalue weighted by atomic mass is 9.97. The number of furan rings is 1. The van der Waals surface area contributed by atoms with Gasteiger partial charge in [-0.3, -0.25) is 0 Å². The maximum absolute atomic E-state index is 6.03. The summed E-state index contributed by atoms with van der Waals surface area (Å²) in [6.45, 7) is 0. The molecule has 0 saturated heterocycles. The fraction of sp³-hybridized carbons (Fsp3) is 0. The van der Waals surface area contributed by atoms with Gasteiger partial charge in [-0.15, -0.1) is 11.3 Å². The maximum Gasteiger partial charge on any atom is 0.135 e. The Balaban J connectivity index is 1.15. The fourth-order valence-electron chi connectivity index (χ4n) is 4.86. The van der Waals surface area contributed by atoms with Crippen LogP contribution in [0.3, 0.4) is 0 Å². The summed E-state index contributed by atoms with van der Waals surface area (Å²) >= 11 is 1.83. The lowest BCUT2D eigenvalue weighted by molar-refractivity contribution is 0.631. The number of hydrogen-bond acceptors (Lipinski definition) is 2. The van der Waals surface area contributed by atoms with E-state index in [0.717, 1.165) is 22.3 Å². The Hall–Kier alpha value is -4.40. The second kappa shape index (κ2) is 8.67. The van der Waals surface area contributed by atoms with Crippen molar-refractivity contribution in [2.45, 2.75) is 0 Å². The number of thiophene rings is 1. The summed E-state index contributed by atoms with van der Waals surface area (Å²) in [6.07, 6.45) is 0. The summed E-state index contributed by atoms with van der Waals surface area (Å²) in [4.78, 5) is 2.54. The predicted octanol–water partition coefficient (Wildman–Crippen LogP) is 10.3. The van der Waals surface area contributed by atoms with E-state index in [9.17, 15) is 0 Å². The monoisotopic (exact) mass is 478 g/mol. The van der Waals surface area contributed by atoms with Crippen LogP contribution >= 0.6 is 11.3 Å². The van der Waals surface area contributed by atoms with E-state index in [1.54, 1.807) is 0 Å². The van der Waals surface area contributed by atoms with Gasteiger partial charge >= 0.3 is 0 Å². The standard InChI is InChI=1S/C34H22OS/c1-3-9-29-23(6-1)8-5-10-30(29)24-12-16-26(17-13-24)33-20-21-34(36-33)27-18-14-25(15-19-27)32-22-28-7-2-4-11-31(28)35-32/h1-22H. The molecule has 2 heteroatoms. The van der Waals surface area contributed by atoms with Gasteiger partial charge in [-0.05, 0) is 57.3 Å². The molecule has 7 aromatic rings. The molecule has 0 aliphatic rings. The van der Waals surface area contributed by atoms with Crippen LogP contribution in [0, 0.1) is 0 Å². The summed E-state index contributed by atoms with van der Waals surface area (Å²) in [5.74, 6) is 0.904. The third-order valence-electron chi connectivity index (χ3n) is 6.76. The van der Waals surface area contributed by atoms with Crippen LogP contribution in [0.15, 0.2) is 138 Å². The summed E-state index contributed by atoms with van der Waals surface area (Å²) in [5, 5.41) is 3.69. The van der Waals surface area contributed by atoms with Gasteiger partial charge in [0.1, 0.15) is 11.3 Å². The molecule has 0 saturated carbocycles. The zero-order valence-corrected chi connectivity index (χ0v) is 20.3. The minimum atomic E-state index is 0.904. The molecule has 0 aliphatic heterocycles. The minimum absolute atomic E-state index is 0.904. The van der Waals surface area contributed by atoms with Crippen LogP contribution in [0.5, 0.6) is 0 Å². The third-order valence-corrected chi connectivity index (χ3v) is 7.94. The molecular weight excluding hydrogens is 456 g/mol. The number of benzene rings is 5. The Morgan fingerprint density at radius 1 is 0.444 bits per heavy atom. The highest BCUT2D eigenvalue weighted by Crippen LogP contribution is 2.37. The van der Waals surface area contributed by atoms with Crippen LogP contribution in [-0.2, 0) is 0 Å². The van der Waals surface area contributed by atoms with Crippen molar-refractivity contribution in [3.05, 3.63) is 133 Å². The predicted molar refractivity (Wildman–Crippen MR) is 153 cm³/mol. The van der Waals surface area contributed by atoms with E-state index in [2.05, 4.69) is 115 Å². The minimum Gasteiger partial charge on any atom is -0.456 e. The average molecular weight is 479 g/mol.